The molecule has 0 aliphatic heterocycles. The molecule has 0 spiro atoms. The second kappa shape index (κ2) is 5.37. The van der Waals surface area contributed by atoms with E-state index >= 15 is 0 Å². The first-order chi connectivity index (χ1) is 10.8. The molecule has 0 N–H and O–H groups in total. The lowest BCUT2D eigenvalue weighted by atomic mass is 9.72. The normalized spacial score (nSPS) is 13.0. The van der Waals surface area contributed by atoms with Gasteiger partial charge in [-0.15, -0.1) is 0 Å². The molecular formula is C23H28. The van der Waals surface area contributed by atoms with Gasteiger partial charge in [0.05, 0.1) is 0 Å². The summed E-state index contributed by atoms with van der Waals surface area (Å²) in [5, 5.41) is 5.66. The summed E-state index contributed by atoms with van der Waals surface area (Å²) < 4.78 is 0. The quantitative estimate of drug-likeness (QED) is 0.448. The molecule has 0 aliphatic rings. The summed E-state index contributed by atoms with van der Waals surface area (Å²) in [6, 6.07) is 17.9. The van der Waals surface area contributed by atoms with Crippen molar-refractivity contribution in [2.75, 3.05) is 0 Å². The van der Waals surface area contributed by atoms with Crippen molar-refractivity contribution < 1.29 is 0 Å². The van der Waals surface area contributed by atoms with Crippen LogP contribution in [0.15, 0.2) is 48.5 Å². The first-order valence-electron chi connectivity index (χ1n) is 8.72. The molecule has 3 aromatic rings. The van der Waals surface area contributed by atoms with Gasteiger partial charge in [-0.25, -0.2) is 0 Å². The Morgan fingerprint density at radius 2 is 0.957 bits per heavy atom. The van der Waals surface area contributed by atoms with Crippen LogP contribution in [0.1, 0.15) is 59.1 Å². The van der Waals surface area contributed by atoms with Crippen LogP contribution >= 0.6 is 0 Å². The van der Waals surface area contributed by atoms with E-state index in [4.69, 9.17) is 0 Å². The number of rotatable bonds is 2. The maximum absolute atomic E-state index is 2.37. The standard InChI is InChI=1S/C23H28/c1-7-23(5,6)21-18-14-10-8-12-16(18)20(22(2,3)4)17-13-9-11-15-19(17)21/h8-15H,7H2,1-6H3. The Balaban J connectivity index is 2.64. The molecule has 3 rings (SSSR count). The largest absolute Gasteiger partial charge is 0.0646 e. The van der Waals surface area contributed by atoms with Crippen LogP contribution in [0.2, 0.25) is 0 Å². The minimum atomic E-state index is 0.119. The second-order valence-corrected chi connectivity index (χ2v) is 8.33. The van der Waals surface area contributed by atoms with E-state index in [2.05, 4.69) is 90.1 Å². The van der Waals surface area contributed by atoms with Crippen molar-refractivity contribution in [2.24, 2.45) is 0 Å². The van der Waals surface area contributed by atoms with Gasteiger partial charge in [-0.3, -0.25) is 0 Å². The van der Waals surface area contributed by atoms with Crippen molar-refractivity contribution in [2.45, 2.75) is 58.8 Å². The summed E-state index contributed by atoms with van der Waals surface area (Å²) in [4.78, 5) is 0. The molecule has 0 bridgehead atoms. The Morgan fingerprint density at radius 1 is 0.609 bits per heavy atom. The molecule has 0 amide bonds. The van der Waals surface area contributed by atoms with Crippen LogP contribution in [0.4, 0.5) is 0 Å². The molecule has 23 heavy (non-hydrogen) atoms. The smallest absolute Gasteiger partial charge is 0.00939 e. The lowest BCUT2D eigenvalue weighted by Crippen LogP contribution is -2.19. The summed E-state index contributed by atoms with van der Waals surface area (Å²) in [5.41, 5.74) is 3.25. The van der Waals surface area contributed by atoms with Gasteiger partial charge in [0.15, 0.2) is 0 Å². The first kappa shape index (κ1) is 16.1. The zero-order valence-electron chi connectivity index (χ0n) is 15.3. The summed E-state index contributed by atoms with van der Waals surface area (Å²) in [7, 11) is 0. The third-order valence-corrected chi connectivity index (χ3v) is 5.24. The molecule has 3 aromatic carbocycles. The molecule has 0 heteroatoms. The highest BCUT2D eigenvalue weighted by molar-refractivity contribution is 6.07. The molecular weight excluding hydrogens is 276 g/mol. The second-order valence-electron chi connectivity index (χ2n) is 8.33. The highest BCUT2D eigenvalue weighted by Crippen LogP contribution is 2.44. The third-order valence-electron chi connectivity index (χ3n) is 5.24. The molecule has 0 fully saturated rings. The van der Waals surface area contributed by atoms with Crippen molar-refractivity contribution in [1.29, 1.82) is 0 Å². The molecule has 0 unspecified atom stereocenters. The van der Waals surface area contributed by atoms with Gasteiger partial charge in [0.2, 0.25) is 0 Å². The maximum Gasteiger partial charge on any atom is -0.00939 e. The zero-order chi connectivity index (χ0) is 16.8. The molecule has 0 atom stereocenters. The topological polar surface area (TPSA) is 0 Å². The number of benzene rings is 3. The molecule has 0 saturated carbocycles. The summed E-state index contributed by atoms with van der Waals surface area (Å²) >= 11 is 0. The monoisotopic (exact) mass is 304 g/mol. The lowest BCUT2D eigenvalue weighted by Gasteiger charge is -2.31. The molecule has 0 radical (unpaired) electrons. The average Bonchev–Trinajstić information content (AvgIpc) is 2.50. The van der Waals surface area contributed by atoms with Gasteiger partial charge < -0.3 is 0 Å². The summed E-state index contributed by atoms with van der Waals surface area (Å²) in [6.07, 6.45) is 1.13. The number of hydrogen-bond acceptors (Lipinski definition) is 0. The van der Waals surface area contributed by atoms with E-state index in [1.165, 1.54) is 32.7 Å². The summed E-state index contributed by atoms with van der Waals surface area (Å²) in [5.74, 6) is 0. The molecule has 0 aromatic heterocycles. The zero-order valence-corrected chi connectivity index (χ0v) is 15.3. The van der Waals surface area contributed by atoms with E-state index < -0.39 is 0 Å². The molecule has 120 valence electrons. The molecule has 0 heterocycles. The fraction of sp³-hybridized carbons (Fsp3) is 0.391. The third kappa shape index (κ3) is 2.55. The van der Waals surface area contributed by atoms with Gasteiger partial charge >= 0.3 is 0 Å². The predicted molar refractivity (Wildman–Crippen MR) is 103 cm³/mol. The lowest BCUT2D eigenvalue weighted by molar-refractivity contribution is 0.514. The van der Waals surface area contributed by atoms with Crippen LogP contribution in [-0.4, -0.2) is 0 Å². The van der Waals surface area contributed by atoms with E-state index in [-0.39, 0.29) is 10.8 Å². The highest BCUT2D eigenvalue weighted by atomic mass is 14.3. The van der Waals surface area contributed by atoms with Crippen LogP contribution in [0.25, 0.3) is 21.5 Å². The Hall–Kier alpha value is -1.82. The van der Waals surface area contributed by atoms with Gasteiger partial charge in [-0.05, 0) is 49.9 Å². The van der Waals surface area contributed by atoms with Gasteiger partial charge in [0.1, 0.15) is 0 Å². The maximum atomic E-state index is 2.37. The number of hydrogen-bond donors (Lipinski definition) is 0. The fourth-order valence-corrected chi connectivity index (χ4v) is 3.84. The Kier molecular flexibility index (Phi) is 3.75. The average molecular weight is 304 g/mol. The molecule has 0 aliphatic carbocycles. The predicted octanol–water partition coefficient (Wildman–Crippen LogP) is 6.98. The van der Waals surface area contributed by atoms with E-state index in [9.17, 15) is 0 Å². The van der Waals surface area contributed by atoms with Gasteiger partial charge in [0.25, 0.3) is 0 Å². The SMILES string of the molecule is CCC(C)(C)c1c2ccccc2c(C(C)(C)C)c2ccccc12. The van der Waals surface area contributed by atoms with Gasteiger partial charge in [-0.2, -0.15) is 0 Å². The Bertz CT molecular complexity index is 803. The van der Waals surface area contributed by atoms with E-state index in [1.54, 1.807) is 0 Å². The molecule has 0 nitrogen and oxygen atoms in total. The van der Waals surface area contributed by atoms with Crippen molar-refractivity contribution >= 4 is 21.5 Å². The fourth-order valence-electron chi connectivity index (χ4n) is 3.84. The molecule has 0 saturated heterocycles. The minimum Gasteiger partial charge on any atom is -0.0646 e. The van der Waals surface area contributed by atoms with Crippen molar-refractivity contribution in [3.63, 3.8) is 0 Å². The Morgan fingerprint density at radius 3 is 1.26 bits per heavy atom. The Labute approximate surface area is 140 Å². The van der Waals surface area contributed by atoms with Crippen molar-refractivity contribution in [3.05, 3.63) is 59.7 Å². The van der Waals surface area contributed by atoms with Crippen LogP contribution in [0.5, 0.6) is 0 Å². The van der Waals surface area contributed by atoms with Crippen LogP contribution < -0.4 is 0 Å². The minimum absolute atomic E-state index is 0.119. The summed E-state index contributed by atoms with van der Waals surface area (Å²) in [6.45, 7) is 14.0. The van der Waals surface area contributed by atoms with Crippen molar-refractivity contribution in [1.82, 2.24) is 0 Å². The van der Waals surface area contributed by atoms with Crippen LogP contribution in [-0.2, 0) is 10.8 Å². The van der Waals surface area contributed by atoms with Crippen LogP contribution in [0.3, 0.4) is 0 Å². The van der Waals surface area contributed by atoms with E-state index in [1.807, 2.05) is 0 Å². The van der Waals surface area contributed by atoms with Crippen LogP contribution in [0, 0.1) is 0 Å². The highest BCUT2D eigenvalue weighted by Gasteiger charge is 2.28. The van der Waals surface area contributed by atoms with E-state index in [0.29, 0.717) is 0 Å². The first-order valence-corrected chi connectivity index (χ1v) is 8.72. The number of fused-ring (bicyclic) bond motifs is 2. The van der Waals surface area contributed by atoms with Gasteiger partial charge in [-0.1, -0.05) is 90.1 Å². The van der Waals surface area contributed by atoms with Gasteiger partial charge in [0, 0.05) is 0 Å². The van der Waals surface area contributed by atoms with E-state index in [0.717, 1.165) is 6.42 Å². The van der Waals surface area contributed by atoms with Crippen molar-refractivity contribution in [3.8, 4) is 0 Å².